The molecule has 0 amide bonds. The van der Waals surface area contributed by atoms with E-state index in [4.69, 9.17) is 9.26 Å². The van der Waals surface area contributed by atoms with Crippen molar-refractivity contribution < 1.29 is 22.6 Å². The fourth-order valence-corrected chi connectivity index (χ4v) is 3.88. The third-order valence-electron chi connectivity index (χ3n) is 5.68. The van der Waals surface area contributed by atoms with Gasteiger partial charge in [0.2, 0.25) is 17.6 Å². The summed E-state index contributed by atoms with van der Waals surface area (Å²) in [6, 6.07) is 4.56. The number of benzene rings is 1. The molecule has 1 aliphatic rings. The van der Waals surface area contributed by atoms with Crippen molar-refractivity contribution in [2.75, 3.05) is 13.6 Å². The SMILES string of the molecule is C[C@H](Oc1cc(=O)[nH]c(-c2noc(C(C)(C)c3ccc(F)cc3F)n2)n1)C1=[N+](C)CCC1. The molecule has 32 heavy (non-hydrogen) atoms. The van der Waals surface area contributed by atoms with Gasteiger partial charge in [0, 0.05) is 24.5 Å². The first kappa shape index (κ1) is 21.8. The molecule has 0 radical (unpaired) electrons. The number of halogens is 2. The Balaban J connectivity index is 1.63. The third kappa shape index (κ3) is 4.17. The van der Waals surface area contributed by atoms with Crippen LogP contribution in [0.1, 0.15) is 45.1 Å². The molecule has 1 N–H and O–H groups in total. The Bertz CT molecular complexity index is 1250. The highest BCUT2D eigenvalue weighted by atomic mass is 19.1. The van der Waals surface area contributed by atoms with Crippen molar-refractivity contribution in [2.24, 2.45) is 0 Å². The van der Waals surface area contributed by atoms with Gasteiger partial charge in [-0.1, -0.05) is 11.2 Å². The summed E-state index contributed by atoms with van der Waals surface area (Å²) in [6.45, 7) is 6.22. The van der Waals surface area contributed by atoms with Crippen LogP contribution in [-0.2, 0) is 5.41 Å². The number of H-pyrrole nitrogens is 1. The van der Waals surface area contributed by atoms with Crippen molar-refractivity contribution in [3.05, 3.63) is 57.7 Å². The van der Waals surface area contributed by atoms with Crippen molar-refractivity contribution in [1.82, 2.24) is 20.1 Å². The van der Waals surface area contributed by atoms with Gasteiger partial charge in [0.1, 0.15) is 25.2 Å². The number of rotatable bonds is 6. The van der Waals surface area contributed by atoms with E-state index in [0.29, 0.717) is 0 Å². The molecule has 10 heteroatoms. The highest BCUT2D eigenvalue weighted by Gasteiger charge is 2.33. The van der Waals surface area contributed by atoms with Gasteiger partial charge in [-0.25, -0.2) is 13.4 Å². The number of nitrogens with one attached hydrogen (secondary N) is 1. The smallest absolute Gasteiger partial charge is 0.255 e. The predicted octanol–water partition coefficient (Wildman–Crippen LogP) is 3.07. The highest BCUT2D eigenvalue weighted by molar-refractivity contribution is 5.85. The van der Waals surface area contributed by atoms with Crippen molar-refractivity contribution in [3.63, 3.8) is 0 Å². The van der Waals surface area contributed by atoms with Crippen LogP contribution in [0, 0.1) is 11.6 Å². The highest BCUT2D eigenvalue weighted by Crippen LogP contribution is 2.33. The molecule has 2 aromatic heterocycles. The molecule has 4 rings (SSSR count). The topological polar surface area (TPSA) is 96.9 Å². The van der Waals surface area contributed by atoms with Crippen molar-refractivity contribution in [3.8, 4) is 17.5 Å². The summed E-state index contributed by atoms with van der Waals surface area (Å²) < 4.78 is 41.0. The van der Waals surface area contributed by atoms with E-state index in [1.165, 1.54) is 12.1 Å². The van der Waals surface area contributed by atoms with Gasteiger partial charge < -0.3 is 14.2 Å². The van der Waals surface area contributed by atoms with E-state index in [1.54, 1.807) is 13.8 Å². The number of hydrogen-bond donors (Lipinski definition) is 1. The summed E-state index contributed by atoms with van der Waals surface area (Å²) in [5.74, 6) is -1.09. The molecule has 0 unspecified atom stereocenters. The minimum atomic E-state index is -1.05. The van der Waals surface area contributed by atoms with Crippen LogP contribution in [0.25, 0.3) is 11.6 Å². The second kappa shape index (κ2) is 8.25. The minimum Gasteiger partial charge on any atom is -0.464 e. The Morgan fingerprint density at radius 3 is 2.72 bits per heavy atom. The second-order valence-electron chi connectivity index (χ2n) is 8.38. The molecular weight excluding hydrogens is 420 g/mol. The molecule has 0 spiro atoms. The van der Waals surface area contributed by atoms with Crippen LogP contribution < -0.4 is 10.3 Å². The molecule has 0 aliphatic carbocycles. The van der Waals surface area contributed by atoms with Gasteiger partial charge in [0.15, 0.2) is 17.6 Å². The Hall–Kier alpha value is -3.43. The van der Waals surface area contributed by atoms with E-state index < -0.39 is 22.6 Å². The lowest BCUT2D eigenvalue weighted by atomic mass is 9.84. The molecule has 0 fully saturated rings. The summed E-state index contributed by atoms with van der Waals surface area (Å²) in [7, 11) is 2.01. The van der Waals surface area contributed by atoms with Crippen LogP contribution in [0.2, 0.25) is 0 Å². The molecule has 3 aromatic rings. The fraction of sp³-hybridized carbons (Fsp3) is 0.409. The van der Waals surface area contributed by atoms with E-state index in [0.717, 1.165) is 37.2 Å². The fourth-order valence-electron chi connectivity index (χ4n) is 3.88. The molecule has 1 aliphatic heterocycles. The lowest BCUT2D eigenvalue weighted by Crippen LogP contribution is -2.28. The maximum atomic E-state index is 14.3. The summed E-state index contributed by atoms with van der Waals surface area (Å²) in [5.41, 5.74) is -0.148. The van der Waals surface area contributed by atoms with Crippen molar-refractivity contribution in [2.45, 2.75) is 45.1 Å². The Kier molecular flexibility index (Phi) is 5.62. The van der Waals surface area contributed by atoms with Crippen LogP contribution in [-0.4, -0.2) is 50.1 Å². The quantitative estimate of drug-likeness (QED) is 0.587. The number of aromatic amines is 1. The van der Waals surface area contributed by atoms with Crippen molar-refractivity contribution >= 4 is 5.71 Å². The van der Waals surface area contributed by atoms with E-state index in [1.807, 2.05) is 14.0 Å². The van der Waals surface area contributed by atoms with Crippen LogP contribution >= 0.6 is 0 Å². The molecule has 3 heterocycles. The van der Waals surface area contributed by atoms with Gasteiger partial charge in [-0.3, -0.25) is 4.79 Å². The monoisotopic (exact) mass is 444 g/mol. The first-order valence-corrected chi connectivity index (χ1v) is 10.3. The van der Waals surface area contributed by atoms with E-state index in [-0.39, 0.29) is 35.1 Å². The number of ether oxygens (including phenoxy) is 1. The zero-order valence-electron chi connectivity index (χ0n) is 18.3. The first-order valence-electron chi connectivity index (χ1n) is 10.3. The molecule has 1 aromatic carbocycles. The number of aromatic nitrogens is 4. The van der Waals surface area contributed by atoms with Crippen LogP contribution in [0.4, 0.5) is 8.78 Å². The van der Waals surface area contributed by atoms with Gasteiger partial charge in [0.05, 0.1) is 11.5 Å². The predicted molar refractivity (Wildman–Crippen MR) is 112 cm³/mol. The first-order chi connectivity index (χ1) is 15.1. The Morgan fingerprint density at radius 1 is 1.25 bits per heavy atom. The standard InChI is InChI=1S/C22H23F2N5O3/c1-12(16-6-5-9-29(16)4)31-18-11-17(30)25-19(26-18)20-27-21(32-28-20)22(2,3)14-8-7-13(23)10-15(14)24/h7-8,10-12H,5-6,9H2,1-4H3/p+1/t12-/m0/s1. The van der Waals surface area contributed by atoms with Gasteiger partial charge in [-0.05, 0) is 26.8 Å². The van der Waals surface area contributed by atoms with E-state index in [2.05, 4.69) is 24.7 Å². The number of hydrogen-bond acceptors (Lipinski definition) is 6. The van der Waals surface area contributed by atoms with Crippen LogP contribution in [0.5, 0.6) is 5.88 Å². The molecule has 0 saturated heterocycles. The van der Waals surface area contributed by atoms with E-state index in [9.17, 15) is 13.6 Å². The summed E-state index contributed by atoms with van der Waals surface area (Å²) >= 11 is 0. The number of nitrogens with zero attached hydrogens (tertiary/aromatic N) is 4. The largest absolute Gasteiger partial charge is 0.464 e. The summed E-state index contributed by atoms with van der Waals surface area (Å²) in [5, 5.41) is 3.89. The van der Waals surface area contributed by atoms with E-state index >= 15 is 0 Å². The zero-order valence-corrected chi connectivity index (χ0v) is 18.3. The summed E-state index contributed by atoms with van der Waals surface area (Å²) in [4.78, 5) is 23.4. The van der Waals surface area contributed by atoms with Gasteiger partial charge in [0.25, 0.3) is 5.56 Å². The molecule has 8 nitrogen and oxygen atoms in total. The van der Waals surface area contributed by atoms with Gasteiger partial charge in [-0.2, -0.15) is 9.97 Å². The van der Waals surface area contributed by atoms with Crippen LogP contribution in [0.3, 0.4) is 0 Å². The molecular formula is C22H24F2N5O3+. The molecule has 0 bridgehead atoms. The molecule has 1 atom stereocenters. The lowest BCUT2D eigenvalue weighted by molar-refractivity contribution is -0.491. The maximum absolute atomic E-state index is 14.3. The zero-order chi connectivity index (χ0) is 23.0. The summed E-state index contributed by atoms with van der Waals surface area (Å²) in [6.07, 6.45) is 1.74. The molecule has 0 saturated carbocycles. The third-order valence-corrected chi connectivity index (χ3v) is 5.68. The Morgan fingerprint density at radius 2 is 2.03 bits per heavy atom. The van der Waals surface area contributed by atoms with Crippen LogP contribution in [0.15, 0.2) is 33.6 Å². The molecule has 168 valence electrons. The average molecular weight is 444 g/mol. The van der Waals surface area contributed by atoms with Gasteiger partial charge >= 0.3 is 0 Å². The average Bonchev–Trinajstić information content (AvgIpc) is 3.37. The normalized spacial score (nSPS) is 15.3. The lowest BCUT2D eigenvalue weighted by Gasteiger charge is -2.20. The Labute approximate surface area is 183 Å². The second-order valence-corrected chi connectivity index (χ2v) is 8.38. The maximum Gasteiger partial charge on any atom is 0.255 e. The van der Waals surface area contributed by atoms with Crippen molar-refractivity contribution in [1.29, 1.82) is 0 Å². The van der Waals surface area contributed by atoms with Gasteiger partial charge in [-0.15, -0.1) is 0 Å². The minimum absolute atomic E-state index is 0.0245.